The van der Waals surface area contributed by atoms with Crippen LogP contribution in [0.1, 0.15) is 13.0 Å². The predicted octanol–water partition coefficient (Wildman–Crippen LogP) is 2.04. The fourth-order valence-corrected chi connectivity index (χ4v) is 2.17. The third kappa shape index (κ3) is 3.74. The molecule has 126 valence electrons. The van der Waals surface area contributed by atoms with Crippen LogP contribution in [0.2, 0.25) is 0 Å². The van der Waals surface area contributed by atoms with E-state index in [1.54, 1.807) is 25.1 Å². The van der Waals surface area contributed by atoms with Crippen LogP contribution in [0.3, 0.4) is 0 Å². The van der Waals surface area contributed by atoms with Crippen molar-refractivity contribution in [3.63, 3.8) is 0 Å². The number of anilines is 1. The lowest BCUT2D eigenvalue weighted by Crippen LogP contribution is -2.33. The normalized spacial score (nSPS) is 11.8. The van der Waals surface area contributed by atoms with E-state index in [1.807, 2.05) is 0 Å². The number of hydrogen-bond acceptors (Lipinski definition) is 5. The van der Waals surface area contributed by atoms with Crippen molar-refractivity contribution >= 4 is 11.9 Å². The van der Waals surface area contributed by atoms with E-state index in [-0.39, 0.29) is 11.8 Å². The summed E-state index contributed by atoms with van der Waals surface area (Å²) in [7, 11) is 0. The predicted molar refractivity (Wildman–Crippen MR) is 89.3 cm³/mol. The van der Waals surface area contributed by atoms with Crippen molar-refractivity contribution in [2.75, 3.05) is 5.32 Å². The lowest BCUT2D eigenvalue weighted by atomic mass is 10.1. The molecular formula is C17H14FN5O2. The zero-order chi connectivity index (χ0) is 17.8. The summed E-state index contributed by atoms with van der Waals surface area (Å²) >= 11 is 0. The third-order valence-corrected chi connectivity index (χ3v) is 3.51. The van der Waals surface area contributed by atoms with Crippen molar-refractivity contribution < 1.29 is 9.18 Å². The van der Waals surface area contributed by atoms with Crippen LogP contribution >= 0.6 is 0 Å². The maximum atomic E-state index is 13.0. The molecule has 0 aliphatic rings. The van der Waals surface area contributed by atoms with Gasteiger partial charge in [-0.05, 0) is 43.3 Å². The van der Waals surface area contributed by atoms with E-state index in [9.17, 15) is 14.0 Å². The molecule has 0 aliphatic heterocycles. The van der Waals surface area contributed by atoms with Gasteiger partial charge in [0.15, 0.2) is 0 Å². The number of benzene rings is 1. The molecule has 7 nitrogen and oxygen atoms in total. The highest BCUT2D eigenvalue weighted by atomic mass is 19.1. The lowest BCUT2D eigenvalue weighted by Gasteiger charge is -2.14. The molecule has 1 N–H and O–H groups in total. The molecule has 0 aliphatic carbocycles. The summed E-state index contributed by atoms with van der Waals surface area (Å²) in [6.07, 6.45) is 2.99. The molecule has 3 rings (SSSR count). The molecule has 2 aromatic heterocycles. The largest absolute Gasteiger partial charge is 0.293 e. The summed E-state index contributed by atoms with van der Waals surface area (Å²) < 4.78 is 14.1. The van der Waals surface area contributed by atoms with Crippen LogP contribution in [-0.4, -0.2) is 25.7 Å². The lowest BCUT2D eigenvalue weighted by molar-refractivity contribution is -0.119. The highest BCUT2D eigenvalue weighted by molar-refractivity contribution is 5.91. The summed E-state index contributed by atoms with van der Waals surface area (Å²) in [5.74, 6) is -0.702. The summed E-state index contributed by atoms with van der Waals surface area (Å²) in [5.41, 5.74) is 0.659. The van der Waals surface area contributed by atoms with E-state index in [2.05, 4.69) is 20.4 Å². The van der Waals surface area contributed by atoms with E-state index in [0.717, 1.165) is 4.68 Å². The van der Waals surface area contributed by atoms with Gasteiger partial charge in [-0.1, -0.05) is 0 Å². The Hall–Kier alpha value is -3.42. The van der Waals surface area contributed by atoms with Gasteiger partial charge >= 0.3 is 0 Å². The molecule has 0 saturated heterocycles. The molecule has 0 saturated carbocycles. The Labute approximate surface area is 142 Å². The van der Waals surface area contributed by atoms with Gasteiger partial charge < -0.3 is 0 Å². The SMILES string of the molecule is CC(C(=O)Nc1ncccn1)n1nc(-c2ccc(F)cc2)ccc1=O. The number of aromatic nitrogens is 4. The topological polar surface area (TPSA) is 89.8 Å². The fourth-order valence-electron chi connectivity index (χ4n) is 2.17. The quantitative estimate of drug-likeness (QED) is 0.785. The van der Waals surface area contributed by atoms with Gasteiger partial charge in [0.1, 0.15) is 11.9 Å². The second-order valence-electron chi connectivity index (χ2n) is 5.25. The average Bonchev–Trinajstić information content (AvgIpc) is 2.63. The van der Waals surface area contributed by atoms with E-state index >= 15 is 0 Å². The Morgan fingerprint density at radius 2 is 1.80 bits per heavy atom. The molecule has 1 unspecified atom stereocenters. The van der Waals surface area contributed by atoms with Gasteiger partial charge in [0.2, 0.25) is 5.95 Å². The van der Waals surface area contributed by atoms with Gasteiger partial charge in [-0.2, -0.15) is 5.10 Å². The number of carbonyl (C=O) groups excluding carboxylic acids is 1. The highest BCUT2D eigenvalue weighted by Gasteiger charge is 2.19. The van der Waals surface area contributed by atoms with Crippen molar-refractivity contribution in [2.45, 2.75) is 13.0 Å². The van der Waals surface area contributed by atoms with Crippen LogP contribution in [0.25, 0.3) is 11.3 Å². The van der Waals surface area contributed by atoms with Gasteiger partial charge in [-0.25, -0.2) is 19.0 Å². The summed E-state index contributed by atoms with van der Waals surface area (Å²) in [6, 6.07) is 9.29. The average molecular weight is 339 g/mol. The second-order valence-corrected chi connectivity index (χ2v) is 5.25. The third-order valence-electron chi connectivity index (χ3n) is 3.51. The molecular weight excluding hydrogens is 325 g/mol. The summed E-state index contributed by atoms with van der Waals surface area (Å²) in [6.45, 7) is 1.54. The van der Waals surface area contributed by atoms with Gasteiger partial charge in [0.25, 0.3) is 11.5 Å². The van der Waals surface area contributed by atoms with Gasteiger partial charge in [0, 0.05) is 24.0 Å². The minimum atomic E-state index is -0.878. The van der Waals surface area contributed by atoms with E-state index in [4.69, 9.17) is 0 Å². The van der Waals surface area contributed by atoms with E-state index < -0.39 is 17.5 Å². The number of hydrogen-bond donors (Lipinski definition) is 1. The molecule has 0 bridgehead atoms. The zero-order valence-electron chi connectivity index (χ0n) is 13.3. The minimum Gasteiger partial charge on any atom is -0.293 e. The van der Waals surface area contributed by atoms with Crippen LogP contribution < -0.4 is 10.9 Å². The standard InChI is InChI=1S/C17H14FN5O2/c1-11(16(25)21-17-19-9-2-10-20-17)23-15(24)8-7-14(22-23)12-3-5-13(18)6-4-12/h2-11H,1H3,(H,19,20,21,25). The molecule has 1 atom stereocenters. The molecule has 25 heavy (non-hydrogen) atoms. The molecule has 1 amide bonds. The van der Waals surface area contributed by atoms with Crippen LogP contribution in [0.15, 0.2) is 59.7 Å². The molecule has 8 heteroatoms. The highest BCUT2D eigenvalue weighted by Crippen LogP contribution is 2.16. The summed E-state index contributed by atoms with van der Waals surface area (Å²) in [4.78, 5) is 32.2. The Morgan fingerprint density at radius 1 is 1.12 bits per heavy atom. The van der Waals surface area contributed by atoms with Crippen LogP contribution in [0, 0.1) is 5.82 Å². The number of rotatable bonds is 4. The van der Waals surface area contributed by atoms with Gasteiger partial charge in [0.05, 0.1) is 5.69 Å². The Bertz CT molecular complexity index is 941. The Morgan fingerprint density at radius 3 is 2.48 bits per heavy atom. The molecule has 0 fully saturated rings. The molecule has 2 heterocycles. The van der Waals surface area contributed by atoms with Crippen molar-refractivity contribution in [1.82, 2.24) is 19.7 Å². The number of carbonyl (C=O) groups is 1. The van der Waals surface area contributed by atoms with Crippen LogP contribution in [0.4, 0.5) is 10.3 Å². The van der Waals surface area contributed by atoms with E-state index in [0.29, 0.717) is 11.3 Å². The fraction of sp³-hybridized carbons (Fsp3) is 0.118. The minimum absolute atomic E-state index is 0.141. The smallest absolute Gasteiger partial charge is 0.267 e. The van der Waals surface area contributed by atoms with Crippen molar-refractivity contribution in [3.05, 3.63) is 71.0 Å². The monoisotopic (exact) mass is 339 g/mol. The molecule has 0 spiro atoms. The van der Waals surface area contributed by atoms with E-state index in [1.165, 1.54) is 36.7 Å². The number of nitrogens with one attached hydrogen (secondary N) is 1. The number of halogens is 1. The number of amides is 1. The first-order valence-electron chi connectivity index (χ1n) is 7.48. The summed E-state index contributed by atoms with van der Waals surface area (Å²) in [5, 5.41) is 6.74. The first-order valence-corrected chi connectivity index (χ1v) is 7.48. The molecule has 0 radical (unpaired) electrons. The maximum absolute atomic E-state index is 13.0. The second kappa shape index (κ2) is 7.00. The Kier molecular flexibility index (Phi) is 4.60. The van der Waals surface area contributed by atoms with Crippen LogP contribution in [-0.2, 0) is 4.79 Å². The van der Waals surface area contributed by atoms with Crippen molar-refractivity contribution in [3.8, 4) is 11.3 Å². The number of nitrogens with zero attached hydrogens (tertiary/aromatic N) is 4. The maximum Gasteiger partial charge on any atom is 0.267 e. The van der Waals surface area contributed by atoms with Crippen molar-refractivity contribution in [1.29, 1.82) is 0 Å². The zero-order valence-corrected chi connectivity index (χ0v) is 13.3. The van der Waals surface area contributed by atoms with Crippen LogP contribution in [0.5, 0.6) is 0 Å². The van der Waals surface area contributed by atoms with Gasteiger partial charge in [-0.3, -0.25) is 14.9 Å². The molecule has 1 aromatic carbocycles. The van der Waals surface area contributed by atoms with Gasteiger partial charge in [-0.15, -0.1) is 0 Å². The Balaban J connectivity index is 1.88. The molecule has 3 aromatic rings. The van der Waals surface area contributed by atoms with Crippen molar-refractivity contribution in [2.24, 2.45) is 0 Å². The first-order chi connectivity index (χ1) is 12.0. The first kappa shape index (κ1) is 16.4.